The Bertz CT molecular complexity index is 856. The van der Waals surface area contributed by atoms with Crippen molar-refractivity contribution in [3.63, 3.8) is 0 Å². The summed E-state index contributed by atoms with van der Waals surface area (Å²) in [5.74, 6) is 0.706. The maximum atomic E-state index is 12.7. The summed E-state index contributed by atoms with van der Waals surface area (Å²) in [4.78, 5) is 15.1. The number of hydrogen-bond acceptors (Lipinski definition) is 3. The first kappa shape index (κ1) is 20.8. The van der Waals surface area contributed by atoms with Gasteiger partial charge >= 0.3 is 0 Å². The topological polar surface area (TPSA) is 41.6 Å². The van der Waals surface area contributed by atoms with Crippen molar-refractivity contribution in [2.24, 2.45) is 0 Å². The summed E-state index contributed by atoms with van der Waals surface area (Å²) in [5.41, 5.74) is 5.19. The van der Waals surface area contributed by atoms with Gasteiger partial charge < -0.3 is 15.0 Å². The molecule has 0 aromatic heterocycles. The number of nitrogens with zero attached hydrogens (tertiary/aromatic N) is 1. The molecule has 2 atom stereocenters. The molecule has 2 aliphatic rings. The van der Waals surface area contributed by atoms with Crippen molar-refractivity contribution in [2.75, 3.05) is 18.0 Å². The minimum atomic E-state index is -0.526. The van der Waals surface area contributed by atoms with E-state index in [1.54, 1.807) is 0 Å². The van der Waals surface area contributed by atoms with Gasteiger partial charge in [0.25, 0.3) is 5.91 Å². The first-order valence-electron chi connectivity index (χ1n) is 11.5. The lowest BCUT2D eigenvalue weighted by molar-refractivity contribution is -0.127. The molecule has 4 nitrogen and oxygen atoms in total. The van der Waals surface area contributed by atoms with E-state index in [-0.39, 0.29) is 11.9 Å². The highest BCUT2D eigenvalue weighted by Crippen LogP contribution is 2.26. The third-order valence-corrected chi connectivity index (χ3v) is 6.48. The summed E-state index contributed by atoms with van der Waals surface area (Å²) < 4.78 is 5.96. The average molecular weight is 407 g/mol. The van der Waals surface area contributed by atoms with E-state index in [1.165, 1.54) is 48.9 Å². The van der Waals surface area contributed by atoms with Crippen LogP contribution in [-0.4, -0.2) is 25.1 Å². The fraction of sp³-hybridized carbons (Fsp3) is 0.500. The van der Waals surface area contributed by atoms with Crippen LogP contribution in [0.1, 0.15) is 68.7 Å². The van der Waals surface area contributed by atoms with Crippen molar-refractivity contribution in [3.8, 4) is 5.75 Å². The molecule has 2 aromatic rings. The van der Waals surface area contributed by atoms with E-state index in [9.17, 15) is 4.79 Å². The Labute approximate surface area is 180 Å². The highest BCUT2D eigenvalue weighted by molar-refractivity contribution is 5.81. The third-order valence-electron chi connectivity index (χ3n) is 6.48. The summed E-state index contributed by atoms with van der Waals surface area (Å²) in [6.07, 6.45) is 8.12. The molecule has 2 unspecified atom stereocenters. The van der Waals surface area contributed by atoms with Crippen molar-refractivity contribution < 1.29 is 9.53 Å². The van der Waals surface area contributed by atoms with Crippen molar-refractivity contribution in [1.82, 2.24) is 5.32 Å². The summed E-state index contributed by atoms with van der Waals surface area (Å²) in [6.45, 7) is 6.13. The molecule has 1 N–H and O–H groups in total. The van der Waals surface area contributed by atoms with E-state index in [4.69, 9.17) is 4.74 Å². The number of rotatable bonds is 6. The van der Waals surface area contributed by atoms with Gasteiger partial charge in [-0.25, -0.2) is 0 Å². The average Bonchev–Trinajstić information content (AvgIpc) is 2.79. The molecule has 0 radical (unpaired) electrons. The van der Waals surface area contributed by atoms with E-state index >= 15 is 0 Å². The lowest BCUT2D eigenvalue weighted by Gasteiger charge is -2.29. The number of hydrogen-bond donors (Lipinski definition) is 1. The van der Waals surface area contributed by atoms with Gasteiger partial charge in [0, 0.05) is 18.8 Å². The largest absolute Gasteiger partial charge is 0.481 e. The van der Waals surface area contributed by atoms with E-state index in [2.05, 4.69) is 46.6 Å². The molecule has 1 heterocycles. The molecular weight excluding hydrogens is 372 g/mol. The van der Waals surface area contributed by atoms with Gasteiger partial charge in [-0.3, -0.25) is 4.79 Å². The van der Waals surface area contributed by atoms with Gasteiger partial charge in [0.15, 0.2) is 6.10 Å². The molecule has 1 fully saturated rings. The van der Waals surface area contributed by atoms with Gasteiger partial charge in [-0.1, -0.05) is 18.2 Å². The molecule has 30 heavy (non-hydrogen) atoms. The van der Waals surface area contributed by atoms with Crippen molar-refractivity contribution >= 4 is 11.6 Å². The highest BCUT2D eigenvalue weighted by Gasteiger charge is 2.19. The molecule has 0 spiro atoms. The van der Waals surface area contributed by atoms with Crippen molar-refractivity contribution in [1.29, 1.82) is 0 Å². The Hall–Kier alpha value is -2.49. The van der Waals surface area contributed by atoms with Gasteiger partial charge in [-0.15, -0.1) is 0 Å². The molecule has 0 bridgehead atoms. The maximum Gasteiger partial charge on any atom is 0.261 e. The van der Waals surface area contributed by atoms with E-state index in [1.807, 2.05) is 19.9 Å². The van der Waals surface area contributed by atoms with Crippen LogP contribution in [0.4, 0.5) is 5.69 Å². The molecule has 0 saturated carbocycles. The Morgan fingerprint density at radius 3 is 2.33 bits per heavy atom. The zero-order valence-corrected chi connectivity index (χ0v) is 18.3. The monoisotopic (exact) mass is 406 g/mol. The number of fused-ring (bicyclic) bond motifs is 1. The van der Waals surface area contributed by atoms with Crippen LogP contribution in [0.3, 0.4) is 0 Å². The number of nitrogens with one attached hydrogen (secondary N) is 1. The van der Waals surface area contributed by atoms with Crippen molar-refractivity contribution in [3.05, 3.63) is 59.2 Å². The minimum absolute atomic E-state index is 0.0533. The van der Waals surface area contributed by atoms with Crippen LogP contribution in [0.15, 0.2) is 42.5 Å². The second-order valence-electron chi connectivity index (χ2n) is 8.77. The molecule has 4 heteroatoms. The van der Waals surface area contributed by atoms with Crippen LogP contribution in [0.5, 0.6) is 5.75 Å². The van der Waals surface area contributed by atoms with Crippen LogP contribution in [0.2, 0.25) is 0 Å². The predicted octanol–water partition coefficient (Wildman–Crippen LogP) is 5.20. The van der Waals surface area contributed by atoms with Gasteiger partial charge in [0.05, 0.1) is 6.04 Å². The molecule has 1 aliphatic carbocycles. The fourth-order valence-corrected chi connectivity index (χ4v) is 4.58. The SMILES string of the molecule is CC(Oc1ccc2c(c1)CCCC2)C(=O)NC(C)c1ccc(N2CCCCC2)cc1. The summed E-state index contributed by atoms with van der Waals surface area (Å²) >= 11 is 0. The number of aryl methyl sites for hydroxylation is 2. The summed E-state index contributed by atoms with van der Waals surface area (Å²) in [6, 6.07) is 14.8. The number of carbonyl (C=O) groups excluding carboxylic acids is 1. The molecule has 160 valence electrons. The Morgan fingerprint density at radius 1 is 0.900 bits per heavy atom. The molecule has 4 rings (SSSR count). The smallest absolute Gasteiger partial charge is 0.261 e. The zero-order chi connectivity index (χ0) is 20.9. The second-order valence-corrected chi connectivity index (χ2v) is 8.77. The molecule has 2 aromatic carbocycles. The van der Waals surface area contributed by atoms with Gasteiger partial charge in [0.1, 0.15) is 5.75 Å². The van der Waals surface area contributed by atoms with E-state index in [0.717, 1.165) is 37.2 Å². The van der Waals surface area contributed by atoms with Crippen LogP contribution >= 0.6 is 0 Å². The summed E-state index contributed by atoms with van der Waals surface area (Å²) in [7, 11) is 0. The number of carbonyl (C=O) groups is 1. The van der Waals surface area contributed by atoms with E-state index in [0.29, 0.717) is 0 Å². The fourth-order valence-electron chi connectivity index (χ4n) is 4.58. The summed E-state index contributed by atoms with van der Waals surface area (Å²) in [5, 5.41) is 3.10. The van der Waals surface area contributed by atoms with Crippen LogP contribution < -0.4 is 15.0 Å². The normalized spacial score (nSPS) is 18.3. The molecule has 1 amide bonds. The van der Waals surface area contributed by atoms with Gasteiger partial charge in [-0.05, 0) is 99.7 Å². The zero-order valence-electron chi connectivity index (χ0n) is 18.3. The Balaban J connectivity index is 1.32. The predicted molar refractivity (Wildman–Crippen MR) is 122 cm³/mol. The lowest BCUT2D eigenvalue weighted by atomic mass is 9.92. The minimum Gasteiger partial charge on any atom is -0.481 e. The van der Waals surface area contributed by atoms with Crippen LogP contribution in [0.25, 0.3) is 0 Å². The number of amides is 1. The molecular formula is C26H34N2O2. The number of ether oxygens (including phenoxy) is 1. The van der Waals surface area contributed by atoms with Crippen molar-refractivity contribution in [2.45, 2.75) is 70.9 Å². The number of piperidine rings is 1. The third kappa shape index (κ3) is 4.97. The quantitative estimate of drug-likeness (QED) is 0.717. The standard InChI is InChI=1S/C26H34N2O2/c1-19(21-10-13-24(14-11-21)28-16-6-3-7-17-28)27-26(29)20(2)30-25-15-12-22-8-4-5-9-23(22)18-25/h10-15,18-20H,3-9,16-17H2,1-2H3,(H,27,29). The Kier molecular flexibility index (Phi) is 6.61. The highest BCUT2D eigenvalue weighted by atomic mass is 16.5. The first-order valence-corrected chi connectivity index (χ1v) is 11.5. The second kappa shape index (κ2) is 9.55. The van der Waals surface area contributed by atoms with Gasteiger partial charge in [0.2, 0.25) is 0 Å². The van der Waals surface area contributed by atoms with Crippen LogP contribution in [0, 0.1) is 0 Å². The Morgan fingerprint density at radius 2 is 1.60 bits per heavy atom. The first-order chi connectivity index (χ1) is 14.6. The number of benzene rings is 2. The van der Waals surface area contributed by atoms with Crippen LogP contribution in [-0.2, 0) is 17.6 Å². The maximum absolute atomic E-state index is 12.7. The van der Waals surface area contributed by atoms with E-state index < -0.39 is 6.10 Å². The number of anilines is 1. The van der Waals surface area contributed by atoms with Gasteiger partial charge in [-0.2, -0.15) is 0 Å². The molecule has 1 aliphatic heterocycles. The lowest BCUT2D eigenvalue weighted by Crippen LogP contribution is -2.37. The molecule has 1 saturated heterocycles.